The first-order valence-electron chi connectivity index (χ1n) is 12.1. The third-order valence-corrected chi connectivity index (χ3v) is 5.44. The van der Waals surface area contributed by atoms with E-state index in [2.05, 4.69) is 13.8 Å². The van der Waals surface area contributed by atoms with Crippen LogP contribution in [0.25, 0.3) is 0 Å². The van der Waals surface area contributed by atoms with E-state index in [1.165, 1.54) is 77.0 Å². The van der Waals surface area contributed by atoms with E-state index in [0.717, 1.165) is 25.7 Å². The van der Waals surface area contributed by atoms with Crippen LogP contribution in [0.4, 0.5) is 0 Å². The highest BCUT2D eigenvalue weighted by molar-refractivity contribution is 6.30. The number of rotatable bonds is 21. The molecule has 0 aliphatic rings. The van der Waals surface area contributed by atoms with Gasteiger partial charge >= 0.3 is 11.9 Å². The lowest BCUT2D eigenvalue weighted by atomic mass is 10.1. The number of hydrogen-bond acceptors (Lipinski definition) is 4. The third-order valence-electron chi connectivity index (χ3n) is 5.10. The van der Waals surface area contributed by atoms with Gasteiger partial charge in [-0.1, -0.05) is 104 Å². The van der Waals surface area contributed by atoms with Gasteiger partial charge in [-0.25, -0.2) is 0 Å². The van der Waals surface area contributed by atoms with Gasteiger partial charge in [0.1, 0.15) is 5.38 Å². The summed E-state index contributed by atoms with van der Waals surface area (Å²) >= 11 is 5.98. The molecule has 0 radical (unpaired) electrons. The largest absolute Gasteiger partial charge is 0.466 e. The van der Waals surface area contributed by atoms with Gasteiger partial charge in [-0.2, -0.15) is 0 Å². The topological polar surface area (TPSA) is 52.6 Å². The van der Waals surface area contributed by atoms with Crippen molar-refractivity contribution in [2.75, 3.05) is 13.2 Å². The van der Waals surface area contributed by atoms with Crippen LogP contribution in [0, 0.1) is 0 Å². The van der Waals surface area contributed by atoms with E-state index < -0.39 is 17.3 Å². The molecule has 0 rings (SSSR count). The fourth-order valence-corrected chi connectivity index (χ4v) is 3.40. The maximum absolute atomic E-state index is 11.8. The van der Waals surface area contributed by atoms with Gasteiger partial charge in [0.2, 0.25) is 0 Å². The highest BCUT2D eigenvalue weighted by Crippen LogP contribution is 2.11. The molecule has 29 heavy (non-hydrogen) atoms. The van der Waals surface area contributed by atoms with Crippen molar-refractivity contribution in [1.82, 2.24) is 0 Å². The van der Waals surface area contributed by atoms with Crippen LogP contribution < -0.4 is 0 Å². The molecule has 172 valence electrons. The maximum Gasteiger partial charge on any atom is 0.324 e. The molecule has 1 atom stereocenters. The first kappa shape index (κ1) is 28.2. The average molecular weight is 433 g/mol. The Balaban J connectivity index is 3.50. The minimum Gasteiger partial charge on any atom is -0.466 e. The Kier molecular flexibility index (Phi) is 21.3. The Morgan fingerprint density at radius 2 is 1.00 bits per heavy atom. The zero-order valence-corrected chi connectivity index (χ0v) is 19.8. The second-order valence-corrected chi connectivity index (χ2v) is 8.54. The van der Waals surface area contributed by atoms with Crippen LogP contribution in [0.3, 0.4) is 0 Å². The zero-order chi connectivity index (χ0) is 21.6. The molecule has 0 saturated carbocycles. The SMILES string of the molecule is CCCCCCCCCCOC(=O)CC(Cl)C(=O)OCCCCCCCCCC. The second kappa shape index (κ2) is 21.9. The van der Waals surface area contributed by atoms with E-state index in [1.54, 1.807) is 0 Å². The molecule has 0 aliphatic heterocycles. The van der Waals surface area contributed by atoms with Crippen molar-refractivity contribution in [3.63, 3.8) is 0 Å². The van der Waals surface area contributed by atoms with Crippen molar-refractivity contribution in [1.29, 1.82) is 0 Å². The molecule has 0 aromatic carbocycles. The van der Waals surface area contributed by atoms with Gasteiger partial charge in [0, 0.05) is 0 Å². The Bertz CT molecular complexity index is 387. The number of carbonyl (C=O) groups excluding carboxylic acids is 2. The highest BCUT2D eigenvalue weighted by atomic mass is 35.5. The van der Waals surface area contributed by atoms with Crippen LogP contribution >= 0.6 is 11.6 Å². The molecular weight excluding hydrogens is 388 g/mol. The molecule has 0 aromatic heterocycles. The molecule has 0 saturated heterocycles. The van der Waals surface area contributed by atoms with Crippen molar-refractivity contribution in [3.8, 4) is 0 Å². The minimum absolute atomic E-state index is 0.116. The summed E-state index contributed by atoms with van der Waals surface area (Å²) in [5, 5.41) is -0.949. The summed E-state index contributed by atoms with van der Waals surface area (Å²) in [6.07, 6.45) is 19.0. The zero-order valence-electron chi connectivity index (χ0n) is 19.0. The van der Waals surface area contributed by atoms with E-state index in [1.807, 2.05) is 0 Å². The molecular formula is C24H45ClO4. The fourth-order valence-electron chi connectivity index (χ4n) is 3.21. The molecule has 0 amide bonds. The van der Waals surface area contributed by atoms with Crippen LogP contribution in [0.5, 0.6) is 0 Å². The van der Waals surface area contributed by atoms with Crippen molar-refractivity contribution >= 4 is 23.5 Å². The minimum atomic E-state index is -0.949. The Labute approximate surface area is 184 Å². The standard InChI is InChI=1S/C24H45ClO4/c1-3-5-7-9-11-13-15-17-19-28-23(26)21-22(25)24(27)29-20-18-16-14-12-10-8-6-4-2/h22H,3-21H2,1-2H3. The number of hydrogen-bond donors (Lipinski definition) is 0. The molecule has 0 aromatic rings. The predicted octanol–water partition coefficient (Wildman–Crippen LogP) is 7.35. The Hall–Kier alpha value is -0.770. The summed E-state index contributed by atoms with van der Waals surface area (Å²) in [5.74, 6) is -0.935. The van der Waals surface area contributed by atoms with Crippen molar-refractivity contribution in [3.05, 3.63) is 0 Å². The fraction of sp³-hybridized carbons (Fsp3) is 0.917. The summed E-state index contributed by atoms with van der Waals surface area (Å²) in [6.45, 7) is 5.22. The lowest BCUT2D eigenvalue weighted by Crippen LogP contribution is -2.23. The summed E-state index contributed by atoms with van der Waals surface area (Å²) < 4.78 is 10.3. The number of esters is 2. The molecule has 1 unspecified atom stereocenters. The molecule has 0 bridgehead atoms. The van der Waals surface area contributed by atoms with Gasteiger partial charge in [-0.05, 0) is 12.8 Å². The van der Waals surface area contributed by atoms with E-state index in [0.29, 0.717) is 13.2 Å². The number of ether oxygens (including phenoxy) is 2. The first-order chi connectivity index (χ1) is 14.1. The lowest BCUT2D eigenvalue weighted by molar-refractivity contribution is -0.150. The highest BCUT2D eigenvalue weighted by Gasteiger charge is 2.21. The third kappa shape index (κ3) is 20.3. The quantitative estimate of drug-likeness (QED) is 0.108. The van der Waals surface area contributed by atoms with Gasteiger partial charge in [0.15, 0.2) is 0 Å². The van der Waals surface area contributed by atoms with Crippen LogP contribution in [-0.4, -0.2) is 30.5 Å². The van der Waals surface area contributed by atoms with E-state index >= 15 is 0 Å². The van der Waals surface area contributed by atoms with E-state index in [4.69, 9.17) is 21.1 Å². The van der Waals surface area contributed by atoms with Crippen LogP contribution in [0.2, 0.25) is 0 Å². The molecule has 0 fully saturated rings. The van der Waals surface area contributed by atoms with Crippen LogP contribution in [0.15, 0.2) is 0 Å². The normalized spacial score (nSPS) is 12.0. The van der Waals surface area contributed by atoms with E-state index in [-0.39, 0.29) is 6.42 Å². The predicted molar refractivity (Wildman–Crippen MR) is 121 cm³/mol. The van der Waals surface area contributed by atoms with E-state index in [9.17, 15) is 9.59 Å². The lowest BCUT2D eigenvalue weighted by Gasteiger charge is -2.10. The average Bonchev–Trinajstić information content (AvgIpc) is 2.71. The summed E-state index contributed by atoms with van der Waals surface area (Å²) in [5.41, 5.74) is 0. The molecule has 0 spiro atoms. The van der Waals surface area contributed by atoms with Gasteiger partial charge in [-0.3, -0.25) is 9.59 Å². The number of unbranched alkanes of at least 4 members (excludes halogenated alkanes) is 14. The second-order valence-electron chi connectivity index (χ2n) is 8.01. The van der Waals surface area contributed by atoms with Gasteiger partial charge in [-0.15, -0.1) is 11.6 Å². The first-order valence-corrected chi connectivity index (χ1v) is 12.5. The Morgan fingerprint density at radius 3 is 1.45 bits per heavy atom. The summed E-state index contributed by atoms with van der Waals surface area (Å²) in [6, 6.07) is 0. The monoisotopic (exact) mass is 432 g/mol. The van der Waals surface area contributed by atoms with Crippen molar-refractivity contribution < 1.29 is 19.1 Å². The van der Waals surface area contributed by atoms with Gasteiger partial charge < -0.3 is 9.47 Å². The maximum atomic E-state index is 11.8. The molecule has 4 nitrogen and oxygen atoms in total. The van der Waals surface area contributed by atoms with Crippen molar-refractivity contribution in [2.45, 2.75) is 128 Å². The number of halogens is 1. The molecule has 0 heterocycles. The van der Waals surface area contributed by atoms with Gasteiger partial charge in [0.05, 0.1) is 19.6 Å². The van der Waals surface area contributed by atoms with Crippen molar-refractivity contribution in [2.24, 2.45) is 0 Å². The molecule has 0 aliphatic carbocycles. The van der Waals surface area contributed by atoms with Gasteiger partial charge in [0.25, 0.3) is 0 Å². The molecule has 5 heteroatoms. The Morgan fingerprint density at radius 1 is 0.621 bits per heavy atom. The molecule has 0 N–H and O–H groups in total. The number of carbonyl (C=O) groups is 2. The summed E-state index contributed by atoms with van der Waals surface area (Å²) in [7, 11) is 0. The van der Waals surface area contributed by atoms with Crippen LogP contribution in [0.1, 0.15) is 123 Å². The number of alkyl halides is 1. The smallest absolute Gasteiger partial charge is 0.324 e. The summed E-state index contributed by atoms with van der Waals surface area (Å²) in [4.78, 5) is 23.6. The van der Waals surface area contributed by atoms with Crippen LogP contribution in [-0.2, 0) is 19.1 Å².